The Morgan fingerprint density at radius 1 is 1.35 bits per heavy atom. The molecule has 1 fully saturated rings. The van der Waals surface area contributed by atoms with Crippen LogP contribution in [0.4, 0.5) is 0 Å². The molecule has 1 aliphatic rings. The Kier molecular flexibility index (Phi) is 4.51. The molecule has 106 valence electrons. The first kappa shape index (κ1) is 13.8. The van der Waals surface area contributed by atoms with E-state index in [4.69, 9.17) is 4.74 Å². The number of thiophene rings is 1. The van der Waals surface area contributed by atoms with Crippen molar-refractivity contribution in [3.05, 3.63) is 46.9 Å². The van der Waals surface area contributed by atoms with Crippen molar-refractivity contribution in [2.45, 2.75) is 39.0 Å². The minimum absolute atomic E-state index is 0.691. The number of nitrogens with one attached hydrogen (secondary N) is 1. The summed E-state index contributed by atoms with van der Waals surface area (Å²) in [7, 11) is 0. The molecule has 0 aliphatic heterocycles. The van der Waals surface area contributed by atoms with Gasteiger partial charge in [-0.1, -0.05) is 30.4 Å². The van der Waals surface area contributed by atoms with E-state index >= 15 is 0 Å². The second-order valence-electron chi connectivity index (χ2n) is 5.24. The molecule has 20 heavy (non-hydrogen) atoms. The first-order valence-electron chi connectivity index (χ1n) is 7.30. The summed E-state index contributed by atoms with van der Waals surface area (Å²) >= 11 is 1.90. The number of rotatable bonds is 7. The lowest BCUT2D eigenvalue weighted by Crippen LogP contribution is -2.15. The molecule has 2 nitrogen and oxygen atoms in total. The van der Waals surface area contributed by atoms with Crippen LogP contribution in [-0.2, 0) is 17.9 Å². The number of fused-ring (bicyclic) bond motifs is 1. The van der Waals surface area contributed by atoms with E-state index in [1.165, 1.54) is 33.4 Å². The lowest BCUT2D eigenvalue weighted by molar-refractivity contribution is 0.149. The summed E-state index contributed by atoms with van der Waals surface area (Å²) in [6, 6.07) is 9.39. The fourth-order valence-corrected chi connectivity index (χ4v) is 3.46. The number of allylic oxidation sites excluding steroid dienone is 1. The highest BCUT2D eigenvalue weighted by atomic mass is 32.1. The van der Waals surface area contributed by atoms with Crippen LogP contribution in [-0.4, -0.2) is 12.6 Å². The molecule has 0 unspecified atom stereocenters. The second-order valence-corrected chi connectivity index (χ2v) is 6.38. The lowest BCUT2D eigenvalue weighted by atomic mass is 10.1. The highest BCUT2D eigenvalue weighted by Crippen LogP contribution is 2.32. The molecule has 2 aromatic rings. The minimum Gasteiger partial charge on any atom is -0.373 e. The van der Waals surface area contributed by atoms with E-state index in [9.17, 15) is 0 Å². The zero-order valence-electron chi connectivity index (χ0n) is 11.9. The van der Waals surface area contributed by atoms with E-state index in [0.29, 0.717) is 13.2 Å². The van der Waals surface area contributed by atoms with E-state index in [-0.39, 0.29) is 0 Å². The van der Waals surface area contributed by atoms with Crippen LogP contribution < -0.4 is 5.32 Å². The van der Waals surface area contributed by atoms with Crippen LogP contribution in [0, 0.1) is 0 Å². The third-order valence-corrected chi connectivity index (χ3v) is 4.82. The van der Waals surface area contributed by atoms with E-state index in [1.807, 2.05) is 24.3 Å². The Bertz CT molecular complexity index is 598. The maximum atomic E-state index is 5.78. The first-order chi connectivity index (χ1) is 9.88. The molecule has 1 heterocycles. The van der Waals surface area contributed by atoms with Crippen molar-refractivity contribution >= 4 is 21.4 Å². The van der Waals surface area contributed by atoms with Crippen molar-refractivity contribution < 1.29 is 4.74 Å². The van der Waals surface area contributed by atoms with Crippen molar-refractivity contribution in [2.24, 2.45) is 0 Å². The van der Waals surface area contributed by atoms with Gasteiger partial charge >= 0.3 is 0 Å². The second kappa shape index (κ2) is 6.53. The van der Waals surface area contributed by atoms with Crippen molar-refractivity contribution in [1.82, 2.24) is 5.32 Å². The molecule has 0 saturated heterocycles. The normalized spacial score (nSPS) is 15.4. The molecular formula is C17H21NOS. The van der Waals surface area contributed by atoms with Crippen molar-refractivity contribution in [2.75, 3.05) is 6.61 Å². The molecule has 1 saturated carbocycles. The molecule has 0 atom stereocenters. The van der Waals surface area contributed by atoms with Crippen LogP contribution in [0.25, 0.3) is 10.1 Å². The van der Waals surface area contributed by atoms with Gasteiger partial charge in [-0.25, -0.2) is 0 Å². The van der Waals surface area contributed by atoms with Crippen molar-refractivity contribution in [3.8, 4) is 0 Å². The summed E-state index contributed by atoms with van der Waals surface area (Å²) in [6.45, 7) is 4.40. The van der Waals surface area contributed by atoms with Crippen molar-refractivity contribution in [1.29, 1.82) is 0 Å². The summed E-state index contributed by atoms with van der Waals surface area (Å²) in [4.78, 5) is 1.43. The van der Waals surface area contributed by atoms with E-state index < -0.39 is 0 Å². The number of hydrogen-bond acceptors (Lipinski definition) is 3. The van der Waals surface area contributed by atoms with Gasteiger partial charge < -0.3 is 10.1 Å². The molecule has 0 radical (unpaired) electrons. The van der Waals surface area contributed by atoms with Gasteiger partial charge in [-0.2, -0.15) is 0 Å². The van der Waals surface area contributed by atoms with Crippen LogP contribution in [0.2, 0.25) is 0 Å². The lowest BCUT2D eigenvalue weighted by Gasteiger charge is -2.06. The molecule has 1 aromatic carbocycles. The fraction of sp³-hybridized carbons (Fsp3) is 0.412. The Balaban J connectivity index is 1.78. The average Bonchev–Trinajstić information content (AvgIpc) is 3.23. The Hall–Kier alpha value is -1.16. The maximum Gasteiger partial charge on any atom is 0.0738 e. The molecule has 0 spiro atoms. The predicted octanol–water partition coefficient (Wildman–Crippen LogP) is 4.25. The van der Waals surface area contributed by atoms with E-state index in [0.717, 1.165) is 12.6 Å². The maximum absolute atomic E-state index is 5.78. The predicted molar refractivity (Wildman–Crippen MR) is 86.2 cm³/mol. The van der Waals surface area contributed by atoms with Gasteiger partial charge in [0, 0.05) is 27.7 Å². The van der Waals surface area contributed by atoms with E-state index in [1.54, 1.807) is 0 Å². The molecular weight excluding hydrogens is 266 g/mol. The van der Waals surface area contributed by atoms with Gasteiger partial charge in [-0.15, -0.1) is 11.3 Å². The fourth-order valence-electron chi connectivity index (χ4n) is 2.30. The smallest absolute Gasteiger partial charge is 0.0738 e. The summed E-state index contributed by atoms with van der Waals surface area (Å²) in [5.74, 6) is 0. The first-order valence-corrected chi connectivity index (χ1v) is 8.11. The van der Waals surface area contributed by atoms with Crippen molar-refractivity contribution in [3.63, 3.8) is 0 Å². The third kappa shape index (κ3) is 3.29. The minimum atomic E-state index is 0.691. The van der Waals surface area contributed by atoms with Gasteiger partial charge in [0.1, 0.15) is 0 Å². The molecule has 0 amide bonds. The standard InChI is InChI=1S/C17H21NOS/c1-2-3-10-19-12-15-14-6-4-5-7-16(14)20-17(15)11-18-13-8-9-13/h2-7,13,18H,8-12H2,1H3. The van der Waals surface area contributed by atoms with Gasteiger partial charge in [0.25, 0.3) is 0 Å². The highest BCUT2D eigenvalue weighted by Gasteiger charge is 2.21. The van der Waals surface area contributed by atoms with Gasteiger partial charge in [-0.3, -0.25) is 0 Å². The Morgan fingerprint density at radius 2 is 2.20 bits per heavy atom. The Morgan fingerprint density at radius 3 is 3.00 bits per heavy atom. The highest BCUT2D eigenvalue weighted by molar-refractivity contribution is 7.19. The number of hydrogen-bond donors (Lipinski definition) is 1. The van der Waals surface area contributed by atoms with Gasteiger partial charge in [0.2, 0.25) is 0 Å². The average molecular weight is 287 g/mol. The van der Waals surface area contributed by atoms with Gasteiger partial charge in [0.05, 0.1) is 13.2 Å². The topological polar surface area (TPSA) is 21.3 Å². The summed E-state index contributed by atoms with van der Waals surface area (Å²) in [5, 5.41) is 4.97. The number of benzene rings is 1. The van der Waals surface area contributed by atoms with Crippen LogP contribution in [0.3, 0.4) is 0 Å². The molecule has 0 bridgehead atoms. The zero-order valence-corrected chi connectivity index (χ0v) is 12.7. The van der Waals surface area contributed by atoms with Crippen LogP contribution in [0.1, 0.15) is 30.2 Å². The third-order valence-electron chi connectivity index (χ3n) is 3.61. The monoisotopic (exact) mass is 287 g/mol. The largest absolute Gasteiger partial charge is 0.373 e. The van der Waals surface area contributed by atoms with Gasteiger partial charge in [-0.05, 0) is 31.2 Å². The number of ether oxygens (including phenoxy) is 1. The summed E-state index contributed by atoms with van der Waals surface area (Å²) < 4.78 is 7.15. The van der Waals surface area contributed by atoms with Gasteiger partial charge in [0.15, 0.2) is 0 Å². The summed E-state index contributed by atoms with van der Waals surface area (Å²) in [5.41, 5.74) is 1.36. The summed E-state index contributed by atoms with van der Waals surface area (Å²) in [6.07, 6.45) is 6.74. The quantitative estimate of drug-likeness (QED) is 0.607. The van der Waals surface area contributed by atoms with Crippen LogP contribution >= 0.6 is 11.3 Å². The van der Waals surface area contributed by atoms with Crippen LogP contribution in [0.15, 0.2) is 36.4 Å². The Labute approximate surface area is 124 Å². The van der Waals surface area contributed by atoms with Crippen LogP contribution in [0.5, 0.6) is 0 Å². The molecule has 1 N–H and O–H groups in total. The SMILES string of the molecule is CC=CCOCc1c(CNC2CC2)sc2ccccc12. The zero-order chi connectivity index (χ0) is 13.8. The molecule has 1 aromatic heterocycles. The molecule has 3 rings (SSSR count). The van der Waals surface area contributed by atoms with E-state index in [2.05, 4.69) is 35.7 Å². The molecule has 1 aliphatic carbocycles. The molecule has 3 heteroatoms.